The number of carbonyl (C=O) groups excluding carboxylic acids is 2. The molecule has 1 heterocycles. The first kappa shape index (κ1) is 21.3. The van der Waals surface area contributed by atoms with Gasteiger partial charge in [0.1, 0.15) is 5.75 Å². The van der Waals surface area contributed by atoms with Gasteiger partial charge in [-0.25, -0.2) is 0 Å². The lowest BCUT2D eigenvalue weighted by atomic mass is 9.96. The molecule has 2 rings (SSSR count). The van der Waals surface area contributed by atoms with Gasteiger partial charge in [0.2, 0.25) is 5.91 Å². The minimum Gasteiger partial charge on any atom is -0.484 e. The van der Waals surface area contributed by atoms with Crippen LogP contribution in [0.1, 0.15) is 12.8 Å². The first-order valence-electron chi connectivity index (χ1n) is 8.47. The van der Waals surface area contributed by atoms with Crippen molar-refractivity contribution in [3.63, 3.8) is 0 Å². The first-order chi connectivity index (χ1) is 11.6. The monoisotopic (exact) mass is 369 g/mol. The van der Waals surface area contributed by atoms with E-state index in [1.54, 1.807) is 9.80 Å². The number of halogens is 1. The van der Waals surface area contributed by atoms with Gasteiger partial charge < -0.3 is 19.9 Å². The largest absolute Gasteiger partial charge is 0.484 e. The molecule has 1 N–H and O–H groups in total. The van der Waals surface area contributed by atoms with E-state index in [1.807, 2.05) is 44.4 Å². The summed E-state index contributed by atoms with van der Waals surface area (Å²) in [6, 6.07) is 9.30. The van der Waals surface area contributed by atoms with Gasteiger partial charge in [0, 0.05) is 33.2 Å². The van der Waals surface area contributed by atoms with Crippen LogP contribution in [-0.2, 0) is 9.59 Å². The van der Waals surface area contributed by atoms with Crippen LogP contribution < -0.4 is 10.1 Å². The molecule has 140 valence electrons. The minimum absolute atomic E-state index is 0. The number of amides is 2. The summed E-state index contributed by atoms with van der Waals surface area (Å²) in [4.78, 5) is 28.3. The van der Waals surface area contributed by atoms with E-state index in [0.717, 1.165) is 19.4 Å². The molecule has 25 heavy (non-hydrogen) atoms. The number of ether oxygens (including phenoxy) is 1. The van der Waals surface area contributed by atoms with Crippen molar-refractivity contribution in [1.29, 1.82) is 0 Å². The number of nitrogens with zero attached hydrogens (tertiary/aromatic N) is 2. The Bertz CT molecular complexity index is 542. The Kier molecular flexibility index (Phi) is 9.31. The second kappa shape index (κ2) is 10.9. The molecule has 1 fully saturated rings. The third-order valence-electron chi connectivity index (χ3n) is 4.30. The van der Waals surface area contributed by atoms with E-state index in [2.05, 4.69) is 5.32 Å². The van der Waals surface area contributed by atoms with Crippen LogP contribution in [0.5, 0.6) is 5.75 Å². The van der Waals surface area contributed by atoms with Gasteiger partial charge in [0.05, 0.1) is 5.92 Å². The molecule has 0 aromatic heterocycles. The molecule has 6 nitrogen and oxygen atoms in total. The summed E-state index contributed by atoms with van der Waals surface area (Å²) in [5, 5.41) is 3.04. The summed E-state index contributed by atoms with van der Waals surface area (Å²) >= 11 is 0. The highest BCUT2D eigenvalue weighted by molar-refractivity contribution is 5.85. The van der Waals surface area contributed by atoms with Gasteiger partial charge in [-0.15, -0.1) is 12.4 Å². The second-order valence-electron chi connectivity index (χ2n) is 6.14. The molecular weight excluding hydrogens is 342 g/mol. The van der Waals surface area contributed by atoms with Gasteiger partial charge in [-0.1, -0.05) is 18.2 Å². The lowest BCUT2D eigenvalue weighted by molar-refractivity contribution is -0.141. The summed E-state index contributed by atoms with van der Waals surface area (Å²) in [5.74, 6) is 0.629. The lowest BCUT2D eigenvalue weighted by Crippen LogP contribution is -2.47. The average Bonchev–Trinajstić information content (AvgIpc) is 2.64. The Morgan fingerprint density at radius 1 is 1.32 bits per heavy atom. The van der Waals surface area contributed by atoms with E-state index >= 15 is 0 Å². The van der Waals surface area contributed by atoms with E-state index < -0.39 is 0 Å². The van der Waals surface area contributed by atoms with Crippen molar-refractivity contribution < 1.29 is 14.3 Å². The number of likely N-dealkylation sites (N-methyl/N-ethyl adjacent to an activating group) is 2. The highest BCUT2D eigenvalue weighted by Crippen LogP contribution is 2.19. The molecule has 1 aromatic carbocycles. The predicted molar refractivity (Wildman–Crippen MR) is 100 cm³/mol. The van der Waals surface area contributed by atoms with Gasteiger partial charge in [-0.05, 0) is 32.0 Å². The predicted octanol–water partition coefficient (Wildman–Crippen LogP) is 1.40. The number of rotatable bonds is 7. The highest BCUT2D eigenvalue weighted by Gasteiger charge is 2.30. The van der Waals surface area contributed by atoms with Gasteiger partial charge in [-0.2, -0.15) is 0 Å². The van der Waals surface area contributed by atoms with Crippen LogP contribution in [0.3, 0.4) is 0 Å². The van der Waals surface area contributed by atoms with Crippen LogP contribution in [-0.4, -0.2) is 68.5 Å². The van der Waals surface area contributed by atoms with E-state index in [9.17, 15) is 9.59 Å². The van der Waals surface area contributed by atoms with Crippen molar-refractivity contribution in [2.75, 3.05) is 46.9 Å². The number of hydrogen-bond donors (Lipinski definition) is 1. The molecule has 0 bridgehead atoms. The van der Waals surface area contributed by atoms with Gasteiger partial charge in [0.25, 0.3) is 5.91 Å². The summed E-state index contributed by atoms with van der Waals surface area (Å²) in [6.07, 6.45) is 1.69. The van der Waals surface area contributed by atoms with Crippen molar-refractivity contribution in [3.8, 4) is 5.75 Å². The smallest absolute Gasteiger partial charge is 0.260 e. The topological polar surface area (TPSA) is 61.9 Å². The average molecular weight is 370 g/mol. The zero-order valence-corrected chi connectivity index (χ0v) is 15.8. The zero-order chi connectivity index (χ0) is 17.4. The maximum absolute atomic E-state index is 12.5. The number of carbonyl (C=O) groups is 2. The van der Waals surface area contributed by atoms with E-state index in [-0.39, 0.29) is 36.7 Å². The molecule has 0 saturated carbocycles. The molecular formula is C18H28ClN3O3. The molecule has 1 aliphatic rings. The number of nitrogens with one attached hydrogen (secondary N) is 1. The summed E-state index contributed by atoms with van der Waals surface area (Å²) in [6.45, 7) is 2.64. The maximum atomic E-state index is 12.5. The van der Waals surface area contributed by atoms with Crippen molar-refractivity contribution in [1.82, 2.24) is 15.1 Å². The molecule has 1 aliphatic heterocycles. The molecule has 0 radical (unpaired) electrons. The minimum atomic E-state index is -0.110. The number of para-hydroxylation sites is 1. The summed E-state index contributed by atoms with van der Waals surface area (Å²) in [7, 11) is 3.69. The van der Waals surface area contributed by atoms with Gasteiger partial charge in [0.15, 0.2) is 6.61 Å². The van der Waals surface area contributed by atoms with Gasteiger partial charge >= 0.3 is 0 Å². The molecule has 7 heteroatoms. The Balaban J connectivity index is 0.00000312. The molecule has 1 atom stereocenters. The standard InChI is InChI=1S/C18H27N3O3.ClH/c1-19-10-12-20(2)18(23)15-7-6-11-21(13-15)17(22)14-24-16-8-4-3-5-9-16;/h3-5,8-9,15,19H,6-7,10-14H2,1-2H3;1H. The van der Waals surface area contributed by atoms with E-state index in [1.165, 1.54) is 0 Å². The lowest BCUT2D eigenvalue weighted by Gasteiger charge is -2.34. The summed E-state index contributed by atoms with van der Waals surface area (Å²) in [5.41, 5.74) is 0. The number of likely N-dealkylation sites (tertiary alicyclic amines) is 1. The van der Waals surface area contributed by atoms with E-state index in [0.29, 0.717) is 25.4 Å². The van der Waals surface area contributed by atoms with Crippen LogP contribution >= 0.6 is 12.4 Å². The number of piperidine rings is 1. The van der Waals surface area contributed by atoms with Crippen LogP contribution in [0, 0.1) is 5.92 Å². The molecule has 1 aromatic rings. The zero-order valence-electron chi connectivity index (χ0n) is 14.9. The Morgan fingerprint density at radius 3 is 2.72 bits per heavy atom. The van der Waals surface area contributed by atoms with Crippen molar-refractivity contribution in [2.45, 2.75) is 12.8 Å². The maximum Gasteiger partial charge on any atom is 0.260 e. The van der Waals surface area contributed by atoms with Crippen molar-refractivity contribution >= 4 is 24.2 Å². The first-order valence-corrected chi connectivity index (χ1v) is 8.47. The van der Waals surface area contributed by atoms with Crippen LogP contribution in [0.4, 0.5) is 0 Å². The van der Waals surface area contributed by atoms with Gasteiger partial charge in [-0.3, -0.25) is 9.59 Å². The highest BCUT2D eigenvalue weighted by atomic mass is 35.5. The third-order valence-corrected chi connectivity index (χ3v) is 4.30. The third kappa shape index (κ3) is 6.55. The van der Waals surface area contributed by atoms with Crippen LogP contribution in [0.15, 0.2) is 30.3 Å². The van der Waals surface area contributed by atoms with E-state index in [4.69, 9.17) is 4.74 Å². The Labute approximate surface area is 155 Å². The van der Waals surface area contributed by atoms with Crippen LogP contribution in [0.25, 0.3) is 0 Å². The fourth-order valence-electron chi connectivity index (χ4n) is 2.86. The SMILES string of the molecule is CNCCN(C)C(=O)C1CCCN(C(=O)COc2ccccc2)C1.Cl. The Hall–Kier alpha value is -1.79. The number of hydrogen-bond acceptors (Lipinski definition) is 4. The normalized spacial score (nSPS) is 16.7. The summed E-state index contributed by atoms with van der Waals surface area (Å²) < 4.78 is 5.52. The van der Waals surface area contributed by atoms with Crippen molar-refractivity contribution in [2.24, 2.45) is 5.92 Å². The molecule has 1 unspecified atom stereocenters. The molecule has 2 amide bonds. The quantitative estimate of drug-likeness (QED) is 0.789. The fourth-order valence-corrected chi connectivity index (χ4v) is 2.86. The number of benzene rings is 1. The molecule has 0 aliphatic carbocycles. The molecule has 1 saturated heterocycles. The Morgan fingerprint density at radius 2 is 2.04 bits per heavy atom. The fraction of sp³-hybridized carbons (Fsp3) is 0.556. The second-order valence-corrected chi connectivity index (χ2v) is 6.14. The van der Waals surface area contributed by atoms with Crippen molar-refractivity contribution in [3.05, 3.63) is 30.3 Å². The molecule has 0 spiro atoms. The van der Waals surface area contributed by atoms with Crippen LogP contribution in [0.2, 0.25) is 0 Å².